The molecule has 4 rings (SSSR count). The number of carbonyl (C=O) groups excluding carboxylic acids is 1. The molecule has 1 amide bonds. The maximum absolute atomic E-state index is 12.2. The van der Waals surface area contributed by atoms with E-state index in [-0.39, 0.29) is 12.6 Å². The number of carboxylic acid groups (broad SMARTS) is 1. The van der Waals surface area contributed by atoms with Crippen LogP contribution in [0.25, 0.3) is 22.3 Å². The van der Waals surface area contributed by atoms with Crippen LogP contribution in [0.3, 0.4) is 0 Å². The fourth-order valence-corrected chi connectivity index (χ4v) is 3.97. The fraction of sp³-hybridized carbons (Fsp3) is 0.267. The molecule has 3 atom stereocenters. The smallest absolute Gasteiger partial charge is 0.334 e. The predicted molar refractivity (Wildman–Crippen MR) is 146 cm³/mol. The quantitative estimate of drug-likeness (QED) is 0.205. The summed E-state index contributed by atoms with van der Waals surface area (Å²) in [5.74, 6) is 0.0583. The summed E-state index contributed by atoms with van der Waals surface area (Å²) in [7, 11) is 0. The lowest BCUT2D eigenvalue weighted by atomic mass is 9.99. The first kappa shape index (κ1) is 26.8. The lowest BCUT2D eigenvalue weighted by molar-refractivity contribution is -0.146. The molecule has 0 aliphatic carbocycles. The zero-order chi connectivity index (χ0) is 27.1. The average Bonchev–Trinajstić information content (AvgIpc) is 3.38. The Morgan fingerprint density at radius 3 is 2.37 bits per heavy atom. The Hall–Kier alpha value is -4.30. The zero-order valence-corrected chi connectivity index (χ0v) is 21.4. The molecule has 0 saturated carbocycles. The van der Waals surface area contributed by atoms with Crippen molar-refractivity contribution in [3.8, 4) is 17.1 Å². The number of carboxylic acids is 1. The monoisotopic (exact) mass is 516 g/mol. The lowest BCUT2D eigenvalue weighted by Gasteiger charge is -2.25. The molecule has 0 spiro atoms. The van der Waals surface area contributed by atoms with Crippen LogP contribution in [0.5, 0.6) is 5.75 Å². The van der Waals surface area contributed by atoms with Crippen molar-refractivity contribution in [3.63, 3.8) is 0 Å². The van der Waals surface area contributed by atoms with Crippen LogP contribution in [-0.4, -0.2) is 47.4 Å². The number of para-hydroxylation sites is 1. The Labute approximate surface area is 221 Å². The summed E-state index contributed by atoms with van der Waals surface area (Å²) in [6.07, 6.45) is -0.684. The highest BCUT2D eigenvalue weighted by Gasteiger charge is 2.18. The highest BCUT2D eigenvalue weighted by molar-refractivity contribution is 5.94. The SMILES string of the molecule is CC[C@H](C)[C@@H](COc1ccc(-c2cc3ccccc3o2)cc1)Nc1ccc(C(=O)NCC(O)C(=O)O)cc1. The number of aliphatic carboxylic acids is 1. The number of rotatable bonds is 12. The van der Waals surface area contributed by atoms with Crippen molar-refractivity contribution in [2.75, 3.05) is 18.5 Å². The van der Waals surface area contributed by atoms with Gasteiger partial charge in [-0.2, -0.15) is 0 Å². The maximum Gasteiger partial charge on any atom is 0.334 e. The molecule has 0 saturated heterocycles. The van der Waals surface area contributed by atoms with E-state index < -0.39 is 18.0 Å². The van der Waals surface area contributed by atoms with Crippen LogP contribution in [0.2, 0.25) is 0 Å². The van der Waals surface area contributed by atoms with Crippen LogP contribution in [0, 0.1) is 5.92 Å². The highest BCUT2D eigenvalue weighted by Crippen LogP contribution is 2.29. The molecule has 198 valence electrons. The number of fused-ring (bicyclic) bond motifs is 1. The van der Waals surface area contributed by atoms with Gasteiger partial charge in [0, 0.05) is 22.2 Å². The summed E-state index contributed by atoms with van der Waals surface area (Å²) in [6.45, 7) is 4.37. The van der Waals surface area contributed by atoms with Gasteiger partial charge in [0.15, 0.2) is 6.10 Å². The molecular formula is C30H32N2O6. The molecular weight excluding hydrogens is 484 g/mol. The van der Waals surface area contributed by atoms with Crippen molar-refractivity contribution < 1.29 is 29.0 Å². The van der Waals surface area contributed by atoms with Gasteiger partial charge in [0.1, 0.15) is 23.7 Å². The number of hydrogen-bond donors (Lipinski definition) is 4. The molecule has 0 bridgehead atoms. The fourth-order valence-electron chi connectivity index (χ4n) is 3.97. The predicted octanol–water partition coefficient (Wildman–Crippen LogP) is 5.18. The van der Waals surface area contributed by atoms with E-state index in [1.807, 2.05) is 54.6 Å². The van der Waals surface area contributed by atoms with Gasteiger partial charge in [-0.3, -0.25) is 4.79 Å². The Bertz CT molecular complexity index is 1330. The molecule has 1 heterocycles. The molecule has 1 aromatic heterocycles. The third-order valence-corrected chi connectivity index (χ3v) is 6.56. The summed E-state index contributed by atoms with van der Waals surface area (Å²) >= 11 is 0. The van der Waals surface area contributed by atoms with Gasteiger partial charge in [-0.1, -0.05) is 38.5 Å². The van der Waals surface area contributed by atoms with Crippen molar-refractivity contribution in [1.29, 1.82) is 0 Å². The van der Waals surface area contributed by atoms with Gasteiger partial charge in [-0.25, -0.2) is 4.79 Å². The maximum atomic E-state index is 12.2. The van der Waals surface area contributed by atoms with Crippen LogP contribution in [0.15, 0.2) is 83.3 Å². The van der Waals surface area contributed by atoms with E-state index in [2.05, 4.69) is 24.5 Å². The van der Waals surface area contributed by atoms with Crippen molar-refractivity contribution in [3.05, 3.63) is 84.4 Å². The largest absolute Gasteiger partial charge is 0.491 e. The summed E-state index contributed by atoms with van der Waals surface area (Å²) < 4.78 is 12.1. The topological polar surface area (TPSA) is 121 Å². The first-order valence-corrected chi connectivity index (χ1v) is 12.6. The Morgan fingerprint density at radius 2 is 1.71 bits per heavy atom. The first-order chi connectivity index (χ1) is 18.3. The van der Waals surface area contributed by atoms with Crippen molar-refractivity contribution in [2.45, 2.75) is 32.4 Å². The number of hydrogen-bond acceptors (Lipinski definition) is 6. The number of aliphatic hydroxyl groups excluding tert-OH is 1. The Kier molecular flexibility index (Phi) is 8.66. The van der Waals surface area contributed by atoms with Crippen LogP contribution in [0.1, 0.15) is 30.6 Å². The van der Waals surface area contributed by atoms with E-state index in [4.69, 9.17) is 14.3 Å². The number of anilines is 1. The molecule has 1 unspecified atom stereocenters. The number of carbonyl (C=O) groups is 2. The third-order valence-electron chi connectivity index (χ3n) is 6.56. The molecule has 8 heteroatoms. The second kappa shape index (κ2) is 12.3. The van der Waals surface area contributed by atoms with Gasteiger partial charge >= 0.3 is 5.97 Å². The van der Waals surface area contributed by atoms with E-state index in [1.54, 1.807) is 24.3 Å². The van der Waals surface area contributed by atoms with Crippen molar-refractivity contribution >= 4 is 28.5 Å². The van der Waals surface area contributed by atoms with Crippen LogP contribution in [-0.2, 0) is 4.79 Å². The van der Waals surface area contributed by atoms with Crippen LogP contribution < -0.4 is 15.4 Å². The molecule has 8 nitrogen and oxygen atoms in total. The van der Waals surface area contributed by atoms with Gasteiger partial charge in [-0.15, -0.1) is 0 Å². The molecule has 4 aromatic rings. The number of nitrogens with one attached hydrogen (secondary N) is 2. The van der Waals surface area contributed by atoms with Gasteiger partial charge in [0.2, 0.25) is 0 Å². The molecule has 3 aromatic carbocycles. The number of aliphatic hydroxyl groups is 1. The minimum atomic E-state index is -1.64. The third kappa shape index (κ3) is 6.72. The normalized spacial score (nSPS) is 13.4. The minimum absolute atomic E-state index is 0.0282. The van der Waals surface area contributed by atoms with E-state index in [9.17, 15) is 14.7 Å². The van der Waals surface area contributed by atoms with Crippen LogP contribution in [0.4, 0.5) is 5.69 Å². The minimum Gasteiger partial charge on any atom is -0.491 e. The van der Waals surface area contributed by atoms with E-state index >= 15 is 0 Å². The standard InChI is InChI=1S/C30H32N2O6/c1-3-19(2)25(32-23-12-8-21(9-13-23)29(34)31-17-26(33)30(35)36)18-37-24-14-10-20(11-15-24)28-16-22-6-4-5-7-27(22)38-28/h4-16,19,25-26,32-33H,3,17-18H2,1-2H3,(H,31,34)(H,35,36)/t19-,25+,26?/m0/s1. The van der Waals surface area contributed by atoms with Crippen LogP contribution >= 0.6 is 0 Å². The molecule has 0 aliphatic rings. The Balaban J connectivity index is 1.35. The van der Waals surface area contributed by atoms with Gasteiger partial charge in [0.25, 0.3) is 5.91 Å². The highest BCUT2D eigenvalue weighted by atomic mass is 16.5. The molecule has 38 heavy (non-hydrogen) atoms. The van der Waals surface area contributed by atoms with Gasteiger partial charge in [0.05, 0.1) is 12.6 Å². The van der Waals surface area contributed by atoms with Crippen molar-refractivity contribution in [1.82, 2.24) is 5.32 Å². The summed E-state index contributed by atoms with van der Waals surface area (Å²) in [6, 6.07) is 24.7. The Morgan fingerprint density at radius 1 is 1.00 bits per heavy atom. The van der Waals surface area contributed by atoms with E-state index in [0.29, 0.717) is 18.1 Å². The number of ether oxygens (including phenoxy) is 1. The molecule has 4 N–H and O–H groups in total. The summed E-state index contributed by atoms with van der Waals surface area (Å²) in [5, 5.41) is 25.0. The van der Waals surface area contributed by atoms with Gasteiger partial charge < -0.3 is 30.0 Å². The van der Waals surface area contributed by atoms with Gasteiger partial charge in [-0.05, 0) is 66.6 Å². The van der Waals surface area contributed by atoms with E-state index in [0.717, 1.165) is 40.2 Å². The summed E-state index contributed by atoms with van der Waals surface area (Å²) in [4.78, 5) is 22.9. The second-order valence-corrected chi connectivity index (χ2v) is 9.26. The second-order valence-electron chi connectivity index (χ2n) is 9.26. The van der Waals surface area contributed by atoms with Crippen molar-refractivity contribution in [2.24, 2.45) is 5.92 Å². The number of benzene rings is 3. The lowest BCUT2D eigenvalue weighted by Crippen LogP contribution is -2.36. The number of furan rings is 1. The number of amides is 1. The zero-order valence-electron chi connectivity index (χ0n) is 21.4. The van der Waals surface area contributed by atoms with E-state index in [1.165, 1.54) is 0 Å². The molecule has 0 aliphatic heterocycles. The average molecular weight is 517 g/mol. The molecule has 0 radical (unpaired) electrons. The first-order valence-electron chi connectivity index (χ1n) is 12.6. The summed E-state index contributed by atoms with van der Waals surface area (Å²) in [5.41, 5.74) is 3.04. The molecule has 0 fully saturated rings.